The van der Waals surface area contributed by atoms with E-state index in [0.29, 0.717) is 0 Å². The second-order valence-electron chi connectivity index (χ2n) is 8.40. The maximum atomic E-state index is 15.0. The predicted molar refractivity (Wildman–Crippen MR) is 132 cm³/mol. The number of hydrazine groups is 1. The maximum absolute atomic E-state index is 15.0. The molecular weight excluding hydrogens is 540 g/mol. The van der Waals surface area contributed by atoms with Gasteiger partial charge in [0.2, 0.25) is 17.5 Å². The number of pyridine rings is 1. The van der Waals surface area contributed by atoms with Crippen LogP contribution >= 0.6 is 11.6 Å². The molecule has 39 heavy (non-hydrogen) atoms. The van der Waals surface area contributed by atoms with Crippen LogP contribution in [-0.2, 0) is 6.54 Å². The van der Waals surface area contributed by atoms with E-state index in [-0.39, 0.29) is 57.3 Å². The molecule has 0 atom stereocenters. The average Bonchev–Trinajstić information content (AvgIpc) is 3.54. The van der Waals surface area contributed by atoms with Crippen LogP contribution in [0.4, 0.5) is 13.6 Å². The standard InChI is InChI=1S/C24H22ClF2N7O5/c1-11(2)34(31-23(35)19-8-20(37-4)32-39-19)24(36)29-10-18-16(26)5-13(9-28-18)15-6-14(25)7-17(27)21(15)22-30-12(3)38-33-22/h5-9,11H,10H2,1-4H3,(H,29,36)(H,31,35). The van der Waals surface area contributed by atoms with Gasteiger partial charge < -0.3 is 19.1 Å². The average molecular weight is 562 g/mol. The van der Waals surface area contributed by atoms with Crippen molar-refractivity contribution >= 4 is 23.5 Å². The SMILES string of the molecule is COc1cc(C(=O)NN(C(=O)NCc2ncc(-c3cc(Cl)cc(F)c3-c3noc(C)n3)cc2F)C(C)C)on1. The summed E-state index contributed by atoms with van der Waals surface area (Å²) in [6.07, 6.45) is 1.30. The highest BCUT2D eigenvalue weighted by Crippen LogP contribution is 2.35. The van der Waals surface area contributed by atoms with E-state index in [9.17, 15) is 14.0 Å². The van der Waals surface area contributed by atoms with E-state index >= 15 is 4.39 Å². The number of methoxy groups -OCH3 is 1. The number of nitrogens with zero attached hydrogens (tertiary/aromatic N) is 5. The topological polar surface area (TPSA) is 149 Å². The molecule has 0 saturated heterocycles. The van der Waals surface area contributed by atoms with Crippen LogP contribution in [0, 0.1) is 18.6 Å². The number of benzene rings is 1. The number of aromatic nitrogens is 4. The van der Waals surface area contributed by atoms with E-state index in [1.165, 1.54) is 25.4 Å². The van der Waals surface area contributed by atoms with Crippen LogP contribution in [0.1, 0.15) is 36.0 Å². The first-order chi connectivity index (χ1) is 18.6. The van der Waals surface area contributed by atoms with Gasteiger partial charge in [0.1, 0.15) is 11.6 Å². The molecule has 0 unspecified atom stereocenters. The second kappa shape index (κ2) is 11.4. The Morgan fingerprint density at radius 2 is 1.90 bits per heavy atom. The molecule has 1 aromatic carbocycles. The Morgan fingerprint density at radius 3 is 2.51 bits per heavy atom. The molecule has 0 bridgehead atoms. The van der Waals surface area contributed by atoms with Crippen molar-refractivity contribution in [2.75, 3.05) is 7.11 Å². The van der Waals surface area contributed by atoms with Crippen molar-refractivity contribution in [3.8, 4) is 28.4 Å². The maximum Gasteiger partial charge on any atom is 0.336 e. The van der Waals surface area contributed by atoms with Gasteiger partial charge in [-0.2, -0.15) is 4.98 Å². The Kier molecular flexibility index (Phi) is 8.04. The van der Waals surface area contributed by atoms with Gasteiger partial charge in [-0.3, -0.25) is 15.2 Å². The Labute approximate surface area is 225 Å². The van der Waals surface area contributed by atoms with Gasteiger partial charge in [-0.25, -0.2) is 18.6 Å². The minimum absolute atomic E-state index is 0.0342. The highest BCUT2D eigenvalue weighted by Gasteiger charge is 2.24. The molecule has 0 spiro atoms. The number of hydrogen-bond acceptors (Lipinski definition) is 9. The summed E-state index contributed by atoms with van der Waals surface area (Å²) in [5.74, 6) is -2.16. The smallest absolute Gasteiger partial charge is 0.336 e. The lowest BCUT2D eigenvalue weighted by molar-refractivity contribution is 0.0747. The molecule has 3 heterocycles. The third-order valence-corrected chi connectivity index (χ3v) is 5.54. The third-order valence-electron chi connectivity index (χ3n) is 5.32. The zero-order valence-corrected chi connectivity index (χ0v) is 21.8. The number of hydrogen-bond donors (Lipinski definition) is 2. The molecule has 204 valence electrons. The second-order valence-corrected chi connectivity index (χ2v) is 8.83. The lowest BCUT2D eigenvalue weighted by atomic mass is 9.99. The van der Waals surface area contributed by atoms with E-state index < -0.39 is 29.6 Å². The summed E-state index contributed by atoms with van der Waals surface area (Å²) < 4.78 is 44.6. The number of ether oxygens (including phenoxy) is 1. The van der Waals surface area contributed by atoms with Gasteiger partial charge in [0.05, 0.1) is 31.0 Å². The van der Waals surface area contributed by atoms with E-state index in [2.05, 4.69) is 31.0 Å². The quantitative estimate of drug-likeness (QED) is 0.315. The fourth-order valence-corrected chi connectivity index (χ4v) is 3.66. The number of urea groups is 1. The van der Waals surface area contributed by atoms with E-state index in [0.717, 1.165) is 17.1 Å². The number of aryl methyl sites for hydroxylation is 1. The van der Waals surface area contributed by atoms with Crippen molar-refractivity contribution in [2.24, 2.45) is 0 Å². The van der Waals surface area contributed by atoms with Crippen molar-refractivity contribution < 1.29 is 32.2 Å². The van der Waals surface area contributed by atoms with Gasteiger partial charge in [-0.05, 0) is 42.8 Å². The molecule has 4 rings (SSSR count). The van der Waals surface area contributed by atoms with Crippen LogP contribution in [0.15, 0.2) is 39.5 Å². The van der Waals surface area contributed by atoms with Crippen LogP contribution < -0.4 is 15.5 Å². The Morgan fingerprint density at radius 1 is 1.13 bits per heavy atom. The predicted octanol–water partition coefficient (Wildman–Crippen LogP) is 4.30. The number of carbonyl (C=O) groups is 2. The molecule has 12 nitrogen and oxygen atoms in total. The van der Waals surface area contributed by atoms with Crippen LogP contribution in [0.25, 0.3) is 22.5 Å². The molecule has 0 saturated carbocycles. The molecule has 0 aliphatic rings. The molecule has 0 radical (unpaired) electrons. The zero-order chi connectivity index (χ0) is 28.3. The first-order valence-corrected chi connectivity index (χ1v) is 11.8. The number of nitrogens with one attached hydrogen (secondary N) is 2. The van der Waals surface area contributed by atoms with Crippen molar-refractivity contribution in [2.45, 2.75) is 33.4 Å². The minimum atomic E-state index is -0.780. The highest BCUT2D eigenvalue weighted by atomic mass is 35.5. The largest absolute Gasteiger partial charge is 0.479 e. The van der Waals surface area contributed by atoms with Crippen molar-refractivity contribution in [1.29, 1.82) is 0 Å². The van der Waals surface area contributed by atoms with Crippen LogP contribution in [0.5, 0.6) is 5.88 Å². The van der Waals surface area contributed by atoms with Crippen molar-refractivity contribution in [1.82, 2.24) is 36.0 Å². The van der Waals surface area contributed by atoms with E-state index in [4.69, 9.17) is 25.4 Å². The third kappa shape index (κ3) is 6.12. The summed E-state index contributed by atoms with van der Waals surface area (Å²) >= 11 is 6.04. The first-order valence-electron chi connectivity index (χ1n) is 11.4. The lowest BCUT2D eigenvalue weighted by Gasteiger charge is -2.26. The van der Waals surface area contributed by atoms with E-state index in [1.807, 2.05) is 0 Å². The van der Waals surface area contributed by atoms with Gasteiger partial charge in [-0.15, -0.1) is 0 Å². The van der Waals surface area contributed by atoms with Gasteiger partial charge in [0, 0.05) is 29.7 Å². The van der Waals surface area contributed by atoms with Gasteiger partial charge >= 0.3 is 11.9 Å². The number of halogens is 3. The summed E-state index contributed by atoms with van der Waals surface area (Å²) in [4.78, 5) is 33.3. The fraction of sp³-hybridized carbons (Fsp3) is 0.250. The molecule has 3 amide bonds. The van der Waals surface area contributed by atoms with Crippen LogP contribution in [0.3, 0.4) is 0 Å². The lowest BCUT2D eigenvalue weighted by Crippen LogP contribution is -2.53. The summed E-state index contributed by atoms with van der Waals surface area (Å²) in [7, 11) is 1.36. The number of rotatable bonds is 7. The molecule has 0 aliphatic heterocycles. The summed E-state index contributed by atoms with van der Waals surface area (Å²) in [5, 5.41) is 10.8. The summed E-state index contributed by atoms with van der Waals surface area (Å²) in [6.45, 7) is 4.54. The summed E-state index contributed by atoms with van der Waals surface area (Å²) in [5.41, 5.74) is 2.64. The molecule has 3 aromatic heterocycles. The fourth-order valence-electron chi connectivity index (χ4n) is 3.46. The molecule has 2 N–H and O–H groups in total. The van der Waals surface area contributed by atoms with Gasteiger partial charge in [-0.1, -0.05) is 16.8 Å². The van der Waals surface area contributed by atoms with E-state index in [1.54, 1.807) is 20.8 Å². The number of amides is 3. The normalized spacial score (nSPS) is 11.0. The molecule has 0 fully saturated rings. The molecule has 4 aromatic rings. The van der Waals surface area contributed by atoms with Gasteiger partial charge in [0.25, 0.3) is 5.88 Å². The minimum Gasteiger partial charge on any atom is -0.479 e. The highest BCUT2D eigenvalue weighted by molar-refractivity contribution is 6.31. The van der Waals surface area contributed by atoms with Crippen LogP contribution in [-0.4, -0.2) is 50.4 Å². The number of carbonyl (C=O) groups excluding carboxylic acids is 2. The monoisotopic (exact) mass is 561 g/mol. The first kappa shape index (κ1) is 27.4. The van der Waals surface area contributed by atoms with Crippen LogP contribution in [0.2, 0.25) is 5.02 Å². The van der Waals surface area contributed by atoms with Crippen molar-refractivity contribution in [3.05, 3.63) is 64.5 Å². The molecule has 0 aliphatic carbocycles. The van der Waals surface area contributed by atoms with Gasteiger partial charge in [0.15, 0.2) is 0 Å². The zero-order valence-electron chi connectivity index (χ0n) is 21.1. The Balaban J connectivity index is 1.50. The molecular formula is C24H22ClF2N7O5. The Hall–Kier alpha value is -4.59. The molecule has 15 heteroatoms. The Bertz CT molecular complexity index is 1520. The van der Waals surface area contributed by atoms with Crippen molar-refractivity contribution in [3.63, 3.8) is 0 Å². The summed E-state index contributed by atoms with van der Waals surface area (Å²) in [6, 6.07) is 3.67.